The van der Waals surface area contributed by atoms with E-state index in [0.29, 0.717) is 50.3 Å². The lowest BCUT2D eigenvalue weighted by atomic mass is 10.2. The molecule has 6 aromatic rings. The number of hydrogen-bond donors (Lipinski definition) is 0. The lowest BCUT2D eigenvalue weighted by Gasteiger charge is -2.33. The maximum Gasteiger partial charge on any atom is 0.271 e. The van der Waals surface area contributed by atoms with Gasteiger partial charge in [0.05, 0.1) is 31.0 Å². The van der Waals surface area contributed by atoms with Gasteiger partial charge in [0.2, 0.25) is 11.8 Å². The molecule has 12 heteroatoms. The van der Waals surface area contributed by atoms with E-state index in [1.807, 2.05) is 153 Å². The van der Waals surface area contributed by atoms with Crippen molar-refractivity contribution in [3.63, 3.8) is 0 Å². The van der Waals surface area contributed by atoms with Crippen molar-refractivity contribution in [3.05, 3.63) is 142 Å². The molecule has 6 heterocycles. The van der Waals surface area contributed by atoms with Crippen LogP contribution in [0.4, 0.5) is 0 Å². The lowest BCUT2D eigenvalue weighted by molar-refractivity contribution is 0.0596. The Morgan fingerprint density at radius 2 is 1.19 bits per heavy atom. The lowest BCUT2D eigenvalue weighted by Crippen LogP contribution is -2.45. The highest BCUT2D eigenvalue weighted by Crippen LogP contribution is 2.25. The molecule has 0 bridgehead atoms. The van der Waals surface area contributed by atoms with Crippen LogP contribution in [-0.4, -0.2) is 62.9 Å². The van der Waals surface area contributed by atoms with E-state index in [1.165, 1.54) is 0 Å². The van der Waals surface area contributed by atoms with E-state index >= 15 is 0 Å². The Bertz CT molecular complexity index is 2160. The van der Waals surface area contributed by atoms with Gasteiger partial charge in [0.1, 0.15) is 24.6 Å². The third-order valence-electron chi connectivity index (χ3n) is 10.3. The normalized spacial score (nSPS) is 15.1. The summed E-state index contributed by atoms with van der Waals surface area (Å²) in [7, 11) is 3.86. The third kappa shape index (κ3) is 7.97. The first kappa shape index (κ1) is 36.3. The number of aryl methyl sites for hydroxylation is 3. The van der Waals surface area contributed by atoms with Gasteiger partial charge in [-0.1, -0.05) is 60.7 Å². The Labute approximate surface area is 316 Å². The Hall–Kier alpha value is -6.04. The summed E-state index contributed by atoms with van der Waals surface area (Å²) in [5.74, 6) is 1.33. The van der Waals surface area contributed by atoms with Gasteiger partial charge in [0.25, 0.3) is 11.8 Å². The molecule has 0 spiro atoms. The van der Waals surface area contributed by atoms with Crippen molar-refractivity contribution in [2.75, 3.05) is 6.54 Å². The predicted octanol–water partition coefficient (Wildman–Crippen LogP) is 6.31. The number of ether oxygens (including phenoxy) is 2. The summed E-state index contributed by atoms with van der Waals surface area (Å²) >= 11 is 0. The van der Waals surface area contributed by atoms with E-state index in [2.05, 4.69) is 17.1 Å². The number of rotatable bonds is 8. The molecular formula is C42H48N8O4. The van der Waals surface area contributed by atoms with E-state index in [9.17, 15) is 9.59 Å². The van der Waals surface area contributed by atoms with Crippen LogP contribution in [0.15, 0.2) is 97.1 Å². The van der Waals surface area contributed by atoms with E-state index in [0.717, 1.165) is 59.1 Å². The minimum Gasteiger partial charge on any atom is -0.472 e. The summed E-state index contributed by atoms with van der Waals surface area (Å²) in [6, 6.07) is 31.8. The summed E-state index contributed by atoms with van der Waals surface area (Å²) in [5, 5.41) is 9.12. The molecule has 0 unspecified atom stereocenters. The van der Waals surface area contributed by atoms with Gasteiger partial charge in [-0.2, -0.15) is 0 Å². The second-order valence-electron chi connectivity index (χ2n) is 14.1. The van der Waals surface area contributed by atoms with Crippen LogP contribution >= 0.6 is 0 Å². The maximum atomic E-state index is 13.0. The fraction of sp³-hybridized carbons (Fsp3) is 0.333. The number of carbonyl (C=O) groups excluding carboxylic acids is 2. The van der Waals surface area contributed by atoms with Crippen molar-refractivity contribution in [1.82, 2.24) is 38.5 Å². The smallest absolute Gasteiger partial charge is 0.271 e. The molecule has 54 heavy (non-hydrogen) atoms. The highest BCUT2D eigenvalue weighted by atomic mass is 16.5. The van der Waals surface area contributed by atoms with E-state index < -0.39 is 0 Å². The molecule has 4 aromatic heterocycles. The molecule has 0 saturated carbocycles. The second-order valence-corrected chi connectivity index (χ2v) is 14.1. The zero-order valence-corrected chi connectivity index (χ0v) is 31.7. The molecule has 2 aliphatic heterocycles. The van der Waals surface area contributed by atoms with Crippen molar-refractivity contribution in [3.8, 4) is 11.8 Å². The number of fused-ring (bicyclic) bond motifs is 2. The van der Waals surface area contributed by atoms with Gasteiger partial charge in [0.15, 0.2) is 0 Å². The Balaban J connectivity index is 0.000000167. The molecule has 0 fully saturated rings. The molecule has 8 rings (SSSR count). The molecule has 1 atom stereocenters. The van der Waals surface area contributed by atoms with Gasteiger partial charge >= 0.3 is 0 Å². The van der Waals surface area contributed by atoms with Gasteiger partial charge in [-0.15, -0.1) is 10.2 Å². The summed E-state index contributed by atoms with van der Waals surface area (Å²) in [5.41, 5.74) is 7.81. The monoisotopic (exact) mass is 728 g/mol. The number of hydrogen-bond acceptors (Lipinski definition) is 6. The molecule has 12 nitrogen and oxygen atoms in total. The fourth-order valence-corrected chi connectivity index (χ4v) is 6.84. The second kappa shape index (κ2) is 15.9. The summed E-state index contributed by atoms with van der Waals surface area (Å²) in [4.78, 5) is 29.8. The van der Waals surface area contributed by atoms with Crippen LogP contribution in [-0.2, 0) is 53.5 Å². The molecule has 0 aliphatic carbocycles. The largest absolute Gasteiger partial charge is 0.472 e. The highest BCUT2D eigenvalue weighted by molar-refractivity contribution is 5.93. The quantitative estimate of drug-likeness (QED) is 0.182. The van der Waals surface area contributed by atoms with Crippen molar-refractivity contribution >= 4 is 11.8 Å². The van der Waals surface area contributed by atoms with Crippen LogP contribution in [0.3, 0.4) is 0 Å². The molecular weight excluding hydrogens is 681 g/mol. The average molecular weight is 729 g/mol. The zero-order valence-electron chi connectivity index (χ0n) is 31.7. The predicted molar refractivity (Wildman–Crippen MR) is 205 cm³/mol. The first-order valence-electron chi connectivity index (χ1n) is 18.5. The molecule has 0 saturated heterocycles. The summed E-state index contributed by atoms with van der Waals surface area (Å²) in [6.07, 6.45) is 0.877. The molecule has 2 aromatic carbocycles. The van der Waals surface area contributed by atoms with E-state index in [1.54, 1.807) is 0 Å². The SMILES string of the molecule is Cc1ccc(C(=O)N2CCCn3nc(OCc4ccccc4)cc3C2)n1C.Cc1ccc(C(=O)N2Cc3cc(OCc4ccccc4)nn3C[C@@H]2C)n1C. The van der Waals surface area contributed by atoms with Crippen LogP contribution in [0.1, 0.15) is 68.2 Å². The first-order valence-corrected chi connectivity index (χ1v) is 18.5. The van der Waals surface area contributed by atoms with Gasteiger partial charge in [-0.25, -0.2) is 0 Å². The van der Waals surface area contributed by atoms with E-state index in [4.69, 9.17) is 9.47 Å². The fourth-order valence-electron chi connectivity index (χ4n) is 6.84. The van der Waals surface area contributed by atoms with Gasteiger partial charge in [-0.05, 0) is 62.6 Å². The molecule has 2 amide bonds. The van der Waals surface area contributed by atoms with Crippen molar-refractivity contribution < 1.29 is 19.1 Å². The first-order chi connectivity index (χ1) is 26.1. The van der Waals surface area contributed by atoms with Crippen LogP contribution < -0.4 is 9.47 Å². The molecule has 0 radical (unpaired) electrons. The van der Waals surface area contributed by atoms with Crippen LogP contribution in [0, 0.1) is 13.8 Å². The van der Waals surface area contributed by atoms with Crippen LogP contribution in [0.25, 0.3) is 0 Å². The van der Waals surface area contributed by atoms with Crippen molar-refractivity contribution in [1.29, 1.82) is 0 Å². The van der Waals surface area contributed by atoms with Crippen molar-refractivity contribution in [2.45, 2.75) is 72.6 Å². The zero-order chi connectivity index (χ0) is 37.8. The maximum absolute atomic E-state index is 13.0. The van der Waals surface area contributed by atoms with Crippen molar-refractivity contribution in [2.24, 2.45) is 14.1 Å². The highest BCUT2D eigenvalue weighted by Gasteiger charge is 2.30. The Morgan fingerprint density at radius 3 is 1.72 bits per heavy atom. The molecule has 0 N–H and O–H groups in total. The summed E-state index contributed by atoms with van der Waals surface area (Å²) in [6.45, 7) is 10.3. The van der Waals surface area contributed by atoms with Gasteiger partial charge in [0, 0.05) is 56.7 Å². The van der Waals surface area contributed by atoms with E-state index in [-0.39, 0.29) is 17.9 Å². The number of amides is 2. The summed E-state index contributed by atoms with van der Waals surface area (Å²) < 4.78 is 19.5. The number of nitrogens with zero attached hydrogens (tertiary/aromatic N) is 8. The Kier molecular flexibility index (Phi) is 10.7. The van der Waals surface area contributed by atoms with Crippen LogP contribution in [0.5, 0.6) is 11.8 Å². The molecule has 2 aliphatic rings. The van der Waals surface area contributed by atoms with Gasteiger partial charge < -0.3 is 28.4 Å². The average Bonchev–Trinajstić information content (AvgIpc) is 3.92. The topological polar surface area (TPSA) is 105 Å². The Morgan fingerprint density at radius 1 is 0.667 bits per heavy atom. The minimum absolute atomic E-state index is 0.0531. The standard InChI is InChI=1S/2C21H24N4O2/c1-15-9-10-19(23(15)3)21(26)24-13-18-11-20(22-25(18)12-16(24)2)27-14-17-7-5-4-6-8-17;1-16-9-10-19(23(16)2)21(26)24-11-6-12-25-18(14-24)13-20(22-25)27-15-17-7-4-3-5-8-17/h4-11,16H,12-14H2,1-3H3;3-5,7-10,13H,6,11-12,14-15H2,1-2H3/t16-;/m0./s1. The minimum atomic E-state index is 0.0531. The number of aromatic nitrogens is 6. The molecule has 280 valence electrons. The van der Waals surface area contributed by atoms with Crippen LogP contribution in [0.2, 0.25) is 0 Å². The van der Waals surface area contributed by atoms with Gasteiger partial charge in [-0.3, -0.25) is 19.0 Å². The third-order valence-corrected chi connectivity index (χ3v) is 10.3. The number of benzene rings is 2. The number of carbonyl (C=O) groups is 2.